The lowest BCUT2D eigenvalue weighted by molar-refractivity contribution is 0.370. The van der Waals surface area contributed by atoms with Gasteiger partial charge in [0.05, 0.1) is 27.5 Å². The number of phenols is 1. The van der Waals surface area contributed by atoms with E-state index in [9.17, 15) is 15.2 Å². The Balaban J connectivity index is 2.09. The Labute approximate surface area is 172 Å². The topological polar surface area (TPSA) is 119 Å². The first-order chi connectivity index (χ1) is 13.5. The Morgan fingerprint density at radius 2 is 2.07 bits per heavy atom. The molecule has 0 unspecified atom stereocenters. The molecule has 1 aliphatic rings. The van der Waals surface area contributed by atoms with Crippen molar-refractivity contribution in [2.45, 2.75) is 5.92 Å². The van der Waals surface area contributed by atoms with E-state index in [2.05, 4.69) is 0 Å². The summed E-state index contributed by atoms with van der Waals surface area (Å²) >= 11 is 1.95. The van der Waals surface area contributed by atoms with E-state index < -0.39 is 11.5 Å². The Morgan fingerprint density at radius 3 is 2.79 bits per heavy atom. The first-order valence-corrected chi connectivity index (χ1v) is 9.23. The molecular formula is C20H13IN2O5. The molecule has 0 amide bonds. The molecule has 0 radical (unpaired) electrons. The molecule has 0 aliphatic carbocycles. The third-order valence-electron chi connectivity index (χ3n) is 4.58. The van der Waals surface area contributed by atoms with E-state index in [1.54, 1.807) is 36.4 Å². The standard InChI is InChI=1S/C20H13IN2O5/c1-26-14-7-9(6-12(21)17(14)24)15-11(8-22)19(23)28-18-10-4-2-3-5-13(10)27-20(25)16(15)18/h2-7,15,24H,23H2,1H3/t15-/m0/s1. The normalized spacial score (nSPS) is 15.7. The number of phenolic OH excluding ortho intramolecular Hbond substituents is 1. The smallest absolute Gasteiger partial charge is 0.344 e. The summed E-state index contributed by atoms with van der Waals surface area (Å²) < 4.78 is 16.9. The lowest BCUT2D eigenvalue weighted by atomic mass is 9.83. The molecule has 3 N–H and O–H groups in total. The van der Waals surface area contributed by atoms with E-state index in [0.29, 0.717) is 20.1 Å². The number of hydrogen-bond acceptors (Lipinski definition) is 7. The van der Waals surface area contributed by atoms with Gasteiger partial charge in [0, 0.05) is 0 Å². The lowest BCUT2D eigenvalue weighted by Gasteiger charge is -2.26. The minimum Gasteiger partial charge on any atom is -0.504 e. The van der Waals surface area contributed by atoms with Crippen LogP contribution in [-0.2, 0) is 0 Å². The molecule has 0 saturated heterocycles. The van der Waals surface area contributed by atoms with Gasteiger partial charge in [0.15, 0.2) is 17.2 Å². The maximum Gasteiger partial charge on any atom is 0.344 e. The van der Waals surface area contributed by atoms with Crippen molar-refractivity contribution in [2.24, 2.45) is 5.73 Å². The SMILES string of the molecule is COc1cc([C@H]2C(C#N)=C(N)Oc3c2c(=O)oc2ccccc32)cc(I)c1O. The van der Waals surface area contributed by atoms with Crippen LogP contribution in [0.2, 0.25) is 0 Å². The van der Waals surface area contributed by atoms with Crippen LogP contribution in [0.5, 0.6) is 17.2 Å². The van der Waals surface area contributed by atoms with Gasteiger partial charge in [-0.05, 0) is 52.4 Å². The van der Waals surface area contributed by atoms with Crippen LogP contribution in [0.4, 0.5) is 0 Å². The van der Waals surface area contributed by atoms with Crippen molar-refractivity contribution >= 4 is 33.6 Å². The summed E-state index contributed by atoms with van der Waals surface area (Å²) in [6, 6.07) is 12.2. The number of benzene rings is 2. The van der Waals surface area contributed by atoms with Crippen molar-refractivity contribution < 1.29 is 19.0 Å². The average molecular weight is 488 g/mol. The molecule has 0 bridgehead atoms. The molecule has 140 valence electrons. The summed E-state index contributed by atoms with van der Waals surface area (Å²) in [5.41, 5.74) is 6.57. The Kier molecular flexibility index (Phi) is 4.39. The summed E-state index contributed by atoms with van der Waals surface area (Å²) in [6.07, 6.45) is 0. The summed E-state index contributed by atoms with van der Waals surface area (Å²) in [5.74, 6) is -0.457. The van der Waals surface area contributed by atoms with E-state index in [1.807, 2.05) is 28.7 Å². The quantitative estimate of drug-likeness (QED) is 0.420. The number of para-hydroxylation sites is 1. The van der Waals surface area contributed by atoms with Crippen LogP contribution in [0.1, 0.15) is 17.0 Å². The molecule has 4 rings (SSSR count). The van der Waals surface area contributed by atoms with Crippen LogP contribution in [-0.4, -0.2) is 12.2 Å². The van der Waals surface area contributed by atoms with Crippen molar-refractivity contribution in [3.05, 3.63) is 73.0 Å². The molecule has 1 atom stereocenters. The van der Waals surface area contributed by atoms with Gasteiger partial charge in [-0.15, -0.1) is 0 Å². The number of nitrogens with zero attached hydrogens (tertiary/aromatic N) is 1. The van der Waals surface area contributed by atoms with E-state index in [0.717, 1.165) is 0 Å². The molecule has 2 aromatic carbocycles. The monoisotopic (exact) mass is 488 g/mol. The van der Waals surface area contributed by atoms with E-state index in [-0.39, 0.29) is 34.3 Å². The van der Waals surface area contributed by atoms with Crippen molar-refractivity contribution in [3.8, 4) is 23.3 Å². The summed E-state index contributed by atoms with van der Waals surface area (Å²) in [7, 11) is 1.42. The highest BCUT2D eigenvalue weighted by atomic mass is 127. The minimum absolute atomic E-state index is 0.0276. The number of allylic oxidation sites excluding steroid dienone is 1. The maximum atomic E-state index is 12.8. The van der Waals surface area contributed by atoms with Crippen LogP contribution in [0.25, 0.3) is 11.0 Å². The van der Waals surface area contributed by atoms with Crippen LogP contribution >= 0.6 is 22.6 Å². The van der Waals surface area contributed by atoms with Crippen molar-refractivity contribution in [1.82, 2.24) is 0 Å². The molecule has 3 aromatic rings. The number of ether oxygens (including phenoxy) is 2. The molecular weight excluding hydrogens is 475 g/mol. The number of nitrogens with two attached hydrogens (primary N) is 1. The van der Waals surface area contributed by atoms with Crippen LogP contribution in [0.15, 0.2) is 57.1 Å². The van der Waals surface area contributed by atoms with Gasteiger partial charge in [0.2, 0.25) is 5.88 Å². The largest absolute Gasteiger partial charge is 0.504 e. The fraction of sp³-hybridized carbons (Fsp3) is 0.100. The molecule has 7 nitrogen and oxygen atoms in total. The molecule has 28 heavy (non-hydrogen) atoms. The number of nitriles is 1. The maximum absolute atomic E-state index is 12.8. The van der Waals surface area contributed by atoms with Gasteiger partial charge in [-0.25, -0.2) is 4.79 Å². The van der Waals surface area contributed by atoms with Gasteiger partial charge in [-0.1, -0.05) is 12.1 Å². The Hall–Kier alpha value is -3.19. The number of rotatable bonds is 2. The second kappa shape index (κ2) is 6.76. The van der Waals surface area contributed by atoms with Crippen LogP contribution in [0.3, 0.4) is 0 Å². The lowest BCUT2D eigenvalue weighted by Crippen LogP contribution is -2.26. The molecule has 2 heterocycles. The number of hydrogen-bond donors (Lipinski definition) is 2. The first kappa shape index (κ1) is 18.2. The summed E-state index contributed by atoms with van der Waals surface area (Å²) in [5, 5.41) is 20.4. The van der Waals surface area contributed by atoms with E-state index in [4.69, 9.17) is 19.6 Å². The van der Waals surface area contributed by atoms with E-state index in [1.165, 1.54) is 7.11 Å². The van der Waals surface area contributed by atoms with E-state index >= 15 is 0 Å². The summed E-state index contributed by atoms with van der Waals surface area (Å²) in [4.78, 5) is 12.8. The number of fused-ring (bicyclic) bond motifs is 3. The molecule has 8 heteroatoms. The zero-order valence-corrected chi connectivity index (χ0v) is 16.7. The second-order valence-electron chi connectivity index (χ2n) is 6.11. The Morgan fingerprint density at radius 1 is 1.32 bits per heavy atom. The predicted molar refractivity (Wildman–Crippen MR) is 109 cm³/mol. The van der Waals surface area contributed by atoms with Gasteiger partial charge in [-0.2, -0.15) is 5.26 Å². The van der Waals surface area contributed by atoms with Gasteiger partial charge < -0.3 is 24.7 Å². The molecule has 1 aromatic heterocycles. The van der Waals surface area contributed by atoms with Crippen molar-refractivity contribution in [2.75, 3.05) is 7.11 Å². The fourth-order valence-corrected chi connectivity index (χ4v) is 3.94. The number of methoxy groups -OCH3 is 1. The minimum atomic E-state index is -0.822. The highest BCUT2D eigenvalue weighted by Crippen LogP contribution is 2.45. The Bertz CT molecular complexity index is 1260. The van der Waals surface area contributed by atoms with Gasteiger partial charge in [0.1, 0.15) is 17.2 Å². The highest BCUT2D eigenvalue weighted by Gasteiger charge is 2.36. The fourth-order valence-electron chi connectivity index (χ4n) is 3.32. The van der Waals surface area contributed by atoms with Gasteiger partial charge >= 0.3 is 5.63 Å². The molecule has 1 aliphatic heterocycles. The third kappa shape index (κ3) is 2.66. The molecule has 0 spiro atoms. The number of halogens is 1. The average Bonchev–Trinajstić information content (AvgIpc) is 2.69. The molecule has 0 fully saturated rings. The van der Waals surface area contributed by atoms with Crippen molar-refractivity contribution in [1.29, 1.82) is 5.26 Å². The first-order valence-electron chi connectivity index (χ1n) is 8.16. The van der Waals surface area contributed by atoms with Crippen LogP contribution < -0.4 is 20.8 Å². The summed E-state index contributed by atoms with van der Waals surface area (Å²) in [6.45, 7) is 0. The second-order valence-corrected chi connectivity index (χ2v) is 7.27. The van der Waals surface area contributed by atoms with Crippen LogP contribution in [0, 0.1) is 14.9 Å². The predicted octanol–water partition coefficient (Wildman–Crippen LogP) is 3.33. The number of aromatic hydroxyl groups is 1. The van der Waals surface area contributed by atoms with Gasteiger partial charge in [0.25, 0.3) is 0 Å². The zero-order valence-electron chi connectivity index (χ0n) is 14.5. The zero-order chi connectivity index (χ0) is 20.0. The van der Waals surface area contributed by atoms with Gasteiger partial charge in [-0.3, -0.25) is 0 Å². The highest BCUT2D eigenvalue weighted by molar-refractivity contribution is 14.1. The third-order valence-corrected chi connectivity index (χ3v) is 5.40. The molecule has 0 saturated carbocycles. The van der Waals surface area contributed by atoms with Crippen molar-refractivity contribution in [3.63, 3.8) is 0 Å².